The Morgan fingerprint density at radius 3 is 2.48 bits per heavy atom. The molecule has 0 bridgehead atoms. The maximum Gasteiger partial charge on any atom is 0.325 e. The zero-order valence-electron chi connectivity index (χ0n) is 15.8. The Morgan fingerprint density at radius 2 is 1.89 bits per heavy atom. The third-order valence-corrected chi connectivity index (χ3v) is 4.37. The lowest BCUT2D eigenvalue weighted by Crippen LogP contribution is -2.44. The van der Waals surface area contributed by atoms with Crippen molar-refractivity contribution < 1.29 is 23.9 Å². The minimum atomic E-state index is -1.26. The highest BCUT2D eigenvalue weighted by atomic mass is 16.5. The fourth-order valence-electron chi connectivity index (χ4n) is 2.87. The van der Waals surface area contributed by atoms with Crippen molar-refractivity contribution in [3.63, 3.8) is 0 Å². The van der Waals surface area contributed by atoms with Gasteiger partial charge in [0, 0.05) is 20.0 Å². The molecule has 5 amide bonds. The van der Waals surface area contributed by atoms with Gasteiger partial charge >= 0.3 is 6.03 Å². The molecule has 0 aromatic heterocycles. The molecule has 1 saturated heterocycles. The van der Waals surface area contributed by atoms with Crippen LogP contribution in [0.25, 0.3) is 0 Å². The molecule has 27 heavy (non-hydrogen) atoms. The van der Waals surface area contributed by atoms with E-state index in [4.69, 9.17) is 4.74 Å². The number of rotatable bonds is 7. The van der Waals surface area contributed by atoms with E-state index in [9.17, 15) is 19.2 Å². The van der Waals surface area contributed by atoms with Crippen molar-refractivity contribution in [3.05, 3.63) is 29.3 Å². The SMILES string of the molecule is COc1ccc(C2(C)NC(=O)N(CC(=O)NCCNC(C)=O)C2=O)cc1C. The highest BCUT2D eigenvalue weighted by Gasteiger charge is 2.49. The van der Waals surface area contributed by atoms with E-state index in [0.717, 1.165) is 10.5 Å². The van der Waals surface area contributed by atoms with Crippen LogP contribution in [0.2, 0.25) is 0 Å². The number of carbonyl (C=O) groups excluding carboxylic acids is 4. The molecule has 9 nitrogen and oxygen atoms in total. The van der Waals surface area contributed by atoms with E-state index in [1.54, 1.807) is 32.2 Å². The monoisotopic (exact) mass is 376 g/mol. The Morgan fingerprint density at radius 1 is 1.22 bits per heavy atom. The molecule has 2 rings (SSSR count). The summed E-state index contributed by atoms with van der Waals surface area (Å²) < 4.78 is 5.22. The van der Waals surface area contributed by atoms with Gasteiger partial charge < -0.3 is 20.7 Å². The molecule has 1 aromatic rings. The van der Waals surface area contributed by atoms with E-state index in [2.05, 4.69) is 16.0 Å². The lowest BCUT2D eigenvalue weighted by Gasteiger charge is -2.23. The summed E-state index contributed by atoms with van der Waals surface area (Å²) in [6.45, 7) is 4.89. The topological polar surface area (TPSA) is 117 Å². The van der Waals surface area contributed by atoms with Gasteiger partial charge in [0.2, 0.25) is 11.8 Å². The second-order valence-electron chi connectivity index (χ2n) is 6.46. The van der Waals surface area contributed by atoms with Gasteiger partial charge in [0.15, 0.2) is 0 Å². The molecule has 0 radical (unpaired) electrons. The average molecular weight is 376 g/mol. The first-order chi connectivity index (χ1) is 12.7. The standard InChI is InChI=1S/C18H24N4O5/c1-11-9-13(5-6-14(11)27-4)18(3)16(25)22(17(26)21-18)10-15(24)20-8-7-19-12(2)23/h5-6,9H,7-8,10H2,1-4H3,(H,19,23)(H,20,24)(H,21,26). The van der Waals surface area contributed by atoms with Crippen LogP contribution < -0.4 is 20.7 Å². The summed E-state index contributed by atoms with van der Waals surface area (Å²) in [4.78, 5) is 48.8. The molecule has 3 N–H and O–H groups in total. The molecule has 1 heterocycles. The quantitative estimate of drug-likeness (QED) is 0.458. The molecule has 9 heteroatoms. The van der Waals surface area contributed by atoms with Crippen molar-refractivity contribution in [2.24, 2.45) is 0 Å². The van der Waals surface area contributed by atoms with Gasteiger partial charge in [-0.1, -0.05) is 6.07 Å². The number of aryl methyl sites for hydroxylation is 1. The van der Waals surface area contributed by atoms with E-state index in [1.807, 2.05) is 6.92 Å². The number of benzene rings is 1. The molecule has 0 saturated carbocycles. The van der Waals surface area contributed by atoms with E-state index in [1.165, 1.54) is 6.92 Å². The van der Waals surface area contributed by atoms with Gasteiger partial charge in [0.1, 0.15) is 17.8 Å². The fraction of sp³-hybridized carbons (Fsp3) is 0.444. The van der Waals surface area contributed by atoms with Crippen LogP contribution in [-0.4, -0.2) is 55.4 Å². The average Bonchev–Trinajstić information content (AvgIpc) is 2.82. The maximum absolute atomic E-state index is 12.8. The van der Waals surface area contributed by atoms with Crippen LogP contribution in [-0.2, 0) is 19.9 Å². The van der Waals surface area contributed by atoms with E-state index >= 15 is 0 Å². The lowest BCUT2D eigenvalue weighted by molar-refractivity contribution is -0.134. The molecule has 1 fully saturated rings. The van der Waals surface area contributed by atoms with E-state index in [-0.39, 0.29) is 19.0 Å². The zero-order valence-corrected chi connectivity index (χ0v) is 15.8. The highest BCUT2D eigenvalue weighted by Crippen LogP contribution is 2.31. The maximum atomic E-state index is 12.8. The highest BCUT2D eigenvalue weighted by molar-refractivity contribution is 6.09. The van der Waals surface area contributed by atoms with Gasteiger partial charge in [0.05, 0.1) is 7.11 Å². The van der Waals surface area contributed by atoms with Gasteiger partial charge in [0.25, 0.3) is 5.91 Å². The first kappa shape index (κ1) is 20.2. The number of hydrogen-bond donors (Lipinski definition) is 3. The van der Waals surface area contributed by atoms with Gasteiger partial charge in [-0.25, -0.2) is 4.79 Å². The van der Waals surface area contributed by atoms with Crippen molar-refractivity contribution in [2.75, 3.05) is 26.7 Å². The fourth-order valence-corrected chi connectivity index (χ4v) is 2.87. The third kappa shape index (κ3) is 4.36. The number of ether oxygens (including phenoxy) is 1. The summed E-state index contributed by atoms with van der Waals surface area (Å²) in [6, 6.07) is 4.58. The predicted octanol–water partition coefficient (Wildman–Crippen LogP) is 0.0229. The van der Waals surface area contributed by atoms with Crippen LogP contribution in [0, 0.1) is 6.92 Å². The summed E-state index contributed by atoms with van der Waals surface area (Å²) in [5.41, 5.74) is 0.171. The van der Waals surface area contributed by atoms with Gasteiger partial charge in [-0.2, -0.15) is 0 Å². The molecule has 1 atom stereocenters. The molecule has 0 spiro atoms. The number of nitrogens with one attached hydrogen (secondary N) is 3. The summed E-state index contributed by atoms with van der Waals surface area (Å²) in [5, 5.41) is 7.75. The number of hydrogen-bond acceptors (Lipinski definition) is 5. The van der Waals surface area contributed by atoms with Crippen LogP contribution in [0.4, 0.5) is 4.79 Å². The Balaban J connectivity index is 2.06. The first-order valence-electron chi connectivity index (χ1n) is 8.49. The molecular formula is C18H24N4O5. The van der Waals surface area contributed by atoms with Crippen molar-refractivity contribution >= 4 is 23.8 Å². The second-order valence-corrected chi connectivity index (χ2v) is 6.46. The molecular weight excluding hydrogens is 352 g/mol. The molecule has 0 aliphatic carbocycles. The van der Waals surface area contributed by atoms with Crippen LogP contribution in [0.1, 0.15) is 25.0 Å². The number of methoxy groups -OCH3 is 1. The van der Waals surface area contributed by atoms with Gasteiger partial charge in [-0.3, -0.25) is 19.3 Å². The van der Waals surface area contributed by atoms with Crippen LogP contribution in [0.15, 0.2) is 18.2 Å². The number of urea groups is 1. The second kappa shape index (κ2) is 8.07. The normalized spacial score (nSPS) is 18.9. The van der Waals surface area contributed by atoms with Crippen molar-refractivity contribution in [3.8, 4) is 5.75 Å². The lowest BCUT2D eigenvalue weighted by atomic mass is 9.90. The van der Waals surface area contributed by atoms with Crippen molar-refractivity contribution in [1.82, 2.24) is 20.9 Å². The largest absolute Gasteiger partial charge is 0.496 e. The Hall–Kier alpha value is -3.10. The van der Waals surface area contributed by atoms with Gasteiger partial charge in [-0.05, 0) is 37.1 Å². The minimum Gasteiger partial charge on any atom is -0.496 e. The third-order valence-electron chi connectivity index (χ3n) is 4.37. The first-order valence-corrected chi connectivity index (χ1v) is 8.49. The van der Waals surface area contributed by atoms with E-state index in [0.29, 0.717) is 11.3 Å². The molecule has 1 unspecified atom stereocenters. The Bertz CT molecular complexity index is 779. The number of carbonyl (C=O) groups is 4. The summed E-state index contributed by atoms with van der Waals surface area (Å²) in [7, 11) is 1.55. The number of nitrogens with zero attached hydrogens (tertiary/aromatic N) is 1. The van der Waals surface area contributed by atoms with Crippen LogP contribution in [0.5, 0.6) is 5.75 Å². The number of amides is 5. The minimum absolute atomic E-state index is 0.205. The predicted molar refractivity (Wildman–Crippen MR) is 97.0 cm³/mol. The number of imide groups is 1. The molecule has 146 valence electrons. The molecule has 1 aliphatic heterocycles. The van der Waals surface area contributed by atoms with Crippen LogP contribution >= 0.6 is 0 Å². The van der Waals surface area contributed by atoms with E-state index < -0.39 is 29.9 Å². The smallest absolute Gasteiger partial charge is 0.325 e. The summed E-state index contributed by atoms with van der Waals surface area (Å²) >= 11 is 0. The molecule has 1 aliphatic rings. The van der Waals surface area contributed by atoms with Crippen LogP contribution in [0.3, 0.4) is 0 Å². The van der Waals surface area contributed by atoms with Crippen molar-refractivity contribution in [2.45, 2.75) is 26.3 Å². The summed E-state index contributed by atoms with van der Waals surface area (Å²) in [5.74, 6) is -0.522. The zero-order chi connectivity index (χ0) is 20.2. The Labute approximate surface area is 157 Å². The Kier molecular flexibility index (Phi) is 6.04. The van der Waals surface area contributed by atoms with Gasteiger partial charge in [-0.15, -0.1) is 0 Å². The van der Waals surface area contributed by atoms with Crippen molar-refractivity contribution in [1.29, 1.82) is 0 Å². The summed E-state index contributed by atoms with van der Waals surface area (Å²) in [6.07, 6.45) is 0. The molecule has 1 aromatic carbocycles.